The monoisotopic (exact) mass is 525 g/mol. The lowest BCUT2D eigenvalue weighted by Crippen LogP contribution is -2.16. The molecule has 1 aromatic heterocycles. The van der Waals surface area contributed by atoms with Crippen LogP contribution in [0.5, 0.6) is 0 Å². The third kappa shape index (κ3) is 5.53. The molecule has 0 radical (unpaired) electrons. The van der Waals surface area contributed by atoms with Crippen LogP contribution in [0.25, 0.3) is 21.0 Å². The van der Waals surface area contributed by atoms with Crippen molar-refractivity contribution in [3.63, 3.8) is 0 Å². The number of aromatic nitrogens is 1. The average molecular weight is 526 g/mol. The number of rotatable bonds is 8. The zero-order valence-corrected chi connectivity index (χ0v) is 22.3. The summed E-state index contributed by atoms with van der Waals surface area (Å²) < 4.78 is 1.78. The molecule has 0 aliphatic carbocycles. The number of anilines is 2. The minimum absolute atomic E-state index is 0.0390. The van der Waals surface area contributed by atoms with Gasteiger partial charge in [0.1, 0.15) is 0 Å². The quantitative estimate of drug-likeness (QED) is 0.205. The van der Waals surface area contributed by atoms with Crippen LogP contribution in [0.15, 0.2) is 83.2 Å². The highest BCUT2D eigenvalue weighted by Crippen LogP contribution is 2.32. The maximum atomic E-state index is 13.0. The van der Waals surface area contributed by atoms with Gasteiger partial charge < -0.3 is 10.6 Å². The summed E-state index contributed by atoms with van der Waals surface area (Å²) >= 11 is 2.95. The number of hydrogen-bond acceptors (Lipinski definition) is 5. The number of fused-ring (bicyclic) bond motifs is 2. The van der Waals surface area contributed by atoms with Crippen LogP contribution in [0.1, 0.15) is 35.3 Å². The van der Waals surface area contributed by atoms with Gasteiger partial charge in [-0.15, -0.1) is 11.3 Å². The Hall–Kier alpha value is -3.68. The van der Waals surface area contributed by atoms with Crippen molar-refractivity contribution < 1.29 is 9.59 Å². The fourth-order valence-corrected chi connectivity index (χ4v) is 6.28. The van der Waals surface area contributed by atoms with Crippen LogP contribution in [0.2, 0.25) is 0 Å². The Morgan fingerprint density at radius 3 is 2.38 bits per heavy atom. The van der Waals surface area contributed by atoms with Gasteiger partial charge in [-0.3, -0.25) is 9.59 Å². The van der Waals surface area contributed by atoms with Crippen molar-refractivity contribution in [1.29, 1.82) is 0 Å². The molecular weight excluding hydrogens is 498 g/mol. The van der Waals surface area contributed by atoms with E-state index in [0.717, 1.165) is 55.0 Å². The Labute approximate surface area is 224 Å². The number of carbonyl (C=O) groups excluding carboxylic acids is 2. The van der Waals surface area contributed by atoms with Crippen LogP contribution in [-0.4, -0.2) is 22.6 Å². The van der Waals surface area contributed by atoms with Gasteiger partial charge in [0, 0.05) is 16.9 Å². The second kappa shape index (κ2) is 11.2. The maximum absolute atomic E-state index is 13.0. The number of carbonyl (C=O) groups is 2. The molecule has 0 fully saturated rings. The van der Waals surface area contributed by atoms with Crippen LogP contribution in [-0.2, 0) is 17.6 Å². The van der Waals surface area contributed by atoms with Crippen LogP contribution in [0.3, 0.4) is 0 Å². The van der Waals surface area contributed by atoms with Gasteiger partial charge >= 0.3 is 0 Å². The summed E-state index contributed by atoms with van der Waals surface area (Å²) in [5.74, 6) is 0.0970. The molecule has 0 aliphatic rings. The molecule has 2 N–H and O–H groups in total. The van der Waals surface area contributed by atoms with Crippen LogP contribution in [0, 0.1) is 0 Å². The molecular formula is C30H27N3O2S2. The number of nitrogens with zero attached hydrogens (tertiary/aromatic N) is 1. The molecule has 5 nitrogen and oxygen atoms in total. The van der Waals surface area contributed by atoms with E-state index in [9.17, 15) is 9.59 Å². The first-order valence-electron chi connectivity index (χ1n) is 12.3. The van der Waals surface area contributed by atoms with E-state index in [0.29, 0.717) is 11.3 Å². The Morgan fingerprint density at radius 1 is 0.865 bits per heavy atom. The lowest BCUT2D eigenvalue weighted by molar-refractivity contribution is -0.113. The first kappa shape index (κ1) is 25.0. The van der Waals surface area contributed by atoms with Gasteiger partial charge in [-0.2, -0.15) is 0 Å². The van der Waals surface area contributed by atoms with Crippen LogP contribution >= 0.6 is 23.1 Å². The predicted molar refractivity (Wildman–Crippen MR) is 156 cm³/mol. The fourth-order valence-electron chi connectivity index (χ4n) is 4.37. The van der Waals surface area contributed by atoms with Gasteiger partial charge in [-0.1, -0.05) is 80.2 Å². The second-order valence-electron chi connectivity index (χ2n) is 8.64. The van der Waals surface area contributed by atoms with Crippen molar-refractivity contribution in [2.45, 2.75) is 31.0 Å². The van der Waals surface area contributed by atoms with Gasteiger partial charge in [0.2, 0.25) is 5.91 Å². The fraction of sp³-hybridized carbons (Fsp3) is 0.167. The van der Waals surface area contributed by atoms with Crippen molar-refractivity contribution >= 4 is 67.3 Å². The topological polar surface area (TPSA) is 71.1 Å². The van der Waals surface area contributed by atoms with Crippen LogP contribution < -0.4 is 10.6 Å². The third-order valence-corrected chi connectivity index (χ3v) is 8.41. The number of hydrogen-bond donors (Lipinski definition) is 2. The average Bonchev–Trinajstić information content (AvgIpc) is 3.34. The van der Waals surface area contributed by atoms with E-state index in [1.165, 1.54) is 23.1 Å². The molecule has 0 saturated carbocycles. The number of thiazole rings is 1. The summed E-state index contributed by atoms with van der Waals surface area (Å²) in [6.07, 6.45) is 1.74. The molecule has 1 heterocycles. The Balaban J connectivity index is 1.26. The molecule has 0 atom stereocenters. The summed E-state index contributed by atoms with van der Waals surface area (Å²) in [4.78, 5) is 30.4. The number of aryl methyl sites for hydroxylation is 2. The number of amides is 2. The van der Waals surface area contributed by atoms with Crippen LogP contribution in [0.4, 0.5) is 11.4 Å². The molecule has 0 bridgehead atoms. The van der Waals surface area contributed by atoms with E-state index in [2.05, 4.69) is 41.6 Å². The first-order chi connectivity index (χ1) is 18.1. The Kier molecular flexibility index (Phi) is 7.53. The minimum atomic E-state index is -0.147. The van der Waals surface area contributed by atoms with E-state index < -0.39 is 0 Å². The molecule has 0 unspecified atom stereocenters. The molecule has 0 aliphatic heterocycles. The Morgan fingerprint density at radius 2 is 1.59 bits per heavy atom. The molecule has 2 amide bonds. The molecule has 37 heavy (non-hydrogen) atoms. The van der Waals surface area contributed by atoms with Crippen molar-refractivity contribution in [1.82, 2.24) is 4.98 Å². The van der Waals surface area contributed by atoms with Crippen molar-refractivity contribution in [2.75, 3.05) is 16.4 Å². The lowest BCUT2D eigenvalue weighted by Gasteiger charge is -2.14. The van der Waals surface area contributed by atoms with E-state index in [1.54, 1.807) is 0 Å². The Bertz CT molecular complexity index is 1580. The minimum Gasteiger partial charge on any atom is -0.325 e. The molecule has 186 valence electrons. The molecule has 5 rings (SSSR count). The molecule has 0 saturated heterocycles. The van der Waals surface area contributed by atoms with E-state index in [-0.39, 0.29) is 17.6 Å². The summed E-state index contributed by atoms with van der Waals surface area (Å²) in [5, 5.41) is 8.09. The summed E-state index contributed by atoms with van der Waals surface area (Å²) in [6.45, 7) is 4.19. The van der Waals surface area contributed by atoms with Crippen molar-refractivity contribution in [2.24, 2.45) is 0 Å². The summed E-state index contributed by atoms with van der Waals surface area (Å²) in [5.41, 5.74) is 5.44. The number of nitrogens with one attached hydrogen (secondary N) is 2. The lowest BCUT2D eigenvalue weighted by atomic mass is 10.0. The first-order valence-corrected chi connectivity index (χ1v) is 14.1. The molecule has 0 spiro atoms. The smallest absolute Gasteiger partial charge is 0.256 e. The largest absolute Gasteiger partial charge is 0.325 e. The maximum Gasteiger partial charge on any atom is 0.256 e. The van der Waals surface area contributed by atoms with E-state index >= 15 is 0 Å². The number of para-hydroxylation sites is 1. The standard InChI is InChI=1S/C30H27N3O2S2/c1-3-19-10-7-11-20(4-2)28(19)33-27(34)18-36-30-32-25-16-15-22(17-26(25)37-30)31-29(35)24-14-8-12-21-9-5-6-13-23(21)24/h5-17H,3-4,18H2,1-2H3,(H,31,35)(H,33,34). The number of benzene rings is 4. The highest BCUT2D eigenvalue weighted by atomic mass is 32.2. The highest BCUT2D eigenvalue weighted by molar-refractivity contribution is 8.01. The normalized spacial score (nSPS) is 11.1. The highest BCUT2D eigenvalue weighted by Gasteiger charge is 2.14. The predicted octanol–water partition coefficient (Wildman–Crippen LogP) is 7.56. The zero-order valence-electron chi connectivity index (χ0n) is 20.7. The number of thioether (sulfide) groups is 1. The molecule has 7 heteroatoms. The molecule has 5 aromatic rings. The summed E-state index contributed by atoms with van der Waals surface area (Å²) in [7, 11) is 0. The SMILES string of the molecule is CCc1cccc(CC)c1NC(=O)CSc1nc2ccc(NC(=O)c3cccc4ccccc34)cc2s1. The van der Waals surface area contributed by atoms with E-state index in [1.807, 2.05) is 66.7 Å². The second-order valence-corrected chi connectivity index (χ2v) is 10.9. The van der Waals surface area contributed by atoms with E-state index in [4.69, 9.17) is 0 Å². The van der Waals surface area contributed by atoms with Gasteiger partial charge in [-0.05, 0) is 59.0 Å². The van der Waals surface area contributed by atoms with Crippen molar-refractivity contribution in [3.8, 4) is 0 Å². The van der Waals surface area contributed by atoms with Crippen molar-refractivity contribution in [3.05, 3.63) is 95.6 Å². The third-order valence-electron chi connectivity index (χ3n) is 6.25. The molecule has 4 aromatic carbocycles. The zero-order chi connectivity index (χ0) is 25.8. The van der Waals surface area contributed by atoms with Gasteiger partial charge in [-0.25, -0.2) is 4.98 Å². The van der Waals surface area contributed by atoms with Gasteiger partial charge in [0.15, 0.2) is 4.34 Å². The van der Waals surface area contributed by atoms with Gasteiger partial charge in [0.05, 0.1) is 16.0 Å². The summed E-state index contributed by atoms with van der Waals surface area (Å²) in [6, 6.07) is 25.5. The van der Waals surface area contributed by atoms with Gasteiger partial charge in [0.25, 0.3) is 5.91 Å².